The molecule has 0 atom stereocenters. The summed E-state index contributed by atoms with van der Waals surface area (Å²) in [6.45, 7) is 1.17. The maximum Gasteiger partial charge on any atom is 0.339 e. The number of hydrogen-bond donors (Lipinski definition) is 1. The number of aromatic nitrogens is 1. The predicted molar refractivity (Wildman–Crippen MR) is 111 cm³/mol. The Morgan fingerprint density at radius 3 is 2.80 bits per heavy atom. The minimum atomic E-state index is -0.648. The van der Waals surface area contributed by atoms with Crippen LogP contribution in [0.2, 0.25) is 0 Å². The summed E-state index contributed by atoms with van der Waals surface area (Å²) in [5.74, 6) is -1.24. The van der Waals surface area contributed by atoms with Crippen LogP contribution in [-0.4, -0.2) is 28.4 Å². The van der Waals surface area contributed by atoms with Crippen molar-refractivity contribution in [2.45, 2.75) is 26.2 Å². The first-order valence-corrected chi connectivity index (χ1v) is 9.56. The molecule has 0 radical (unpaired) electrons. The molecule has 0 aliphatic heterocycles. The van der Waals surface area contributed by atoms with Gasteiger partial charge in [-0.1, -0.05) is 24.3 Å². The van der Waals surface area contributed by atoms with Gasteiger partial charge in [0.1, 0.15) is 5.69 Å². The molecule has 0 bridgehead atoms. The van der Waals surface area contributed by atoms with Crippen LogP contribution in [0.3, 0.4) is 0 Å². The number of amides is 1. The summed E-state index contributed by atoms with van der Waals surface area (Å²) < 4.78 is 5.27. The maximum atomic E-state index is 12.9. The van der Waals surface area contributed by atoms with Gasteiger partial charge in [-0.05, 0) is 49.4 Å². The average molecular weight is 405 g/mol. The number of carbonyl (C=O) groups is 2. The first-order chi connectivity index (χ1) is 14.4. The third-order valence-corrected chi connectivity index (χ3v) is 5.08. The van der Waals surface area contributed by atoms with Crippen molar-refractivity contribution >= 4 is 34.2 Å². The SMILES string of the molecule is Cc1ccc(NC(=O)COC(=O)c2c3c(nc4ccccc24)CCC3)c([N+](=O)[O-])c1. The minimum Gasteiger partial charge on any atom is -0.452 e. The monoisotopic (exact) mass is 405 g/mol. The summed E-state index contributed by atoms with van der Waals surface area (Å²) in [4.78, 5) is 40.4. The van der Waals surface area contributed by atoms with Crippen LogP contribution in [0.4, 0.5) is 11.4 Å². The number of ether oxygens (including phenoxy) is 1. The molecule has 1 aromatic heterocycles. The number of benzene rings is 2. The van der Waals surface area contributed by atoms with Gasteiger partial charge >= 0.3 is 5.97 Å². The molecule has 4 rings (SSSR count). The number of pyridine rings is 1. The van der Waals surface area contributed by atoms with Gasteiger partial charge in [0.25, 0.3) is 11.6 Å². The van der Waals surface area contributed by atoms with Crippen molar-refractivity contribution in [3.8, 4) is 0 Å². The maximum absolute atomic E-state index is 12.9. The van der Waals surface area contributed by atoms with E-state index in [4.69, 9.17) is 4.74 Å². The number of rotatable bonds is 5. The Kier molecular flexibility index (Phi) is 5.14. The summed E-state index contributed by atoms with van der Waals surface area (Å²) >= 11 is 0. The van der Waals surface area contributed by atoms with Crippen molar-refractivity contribution in [1.29, 1.82) is 0 Å². The number of nitrogens with one attached hydrogen (secondary N) is 1. The fraction of sp³-hybridized carbons (Fsp3) is 0.227. The molecule has 1 N–H and O–H groups in total. The number of esters is 1. The van der Waals surface area contributed by atoms with E-state index in [1.807, 2.05) is 24.3 Å². The number of hydrogen-bond acceptors (Lipinski definition) is 6. The topological polar surface area (TPSA) is 111 Å². The molecular formula is C22H19N3O5. The first-order valence-electron chi connectivity index (χ1n) is 9.56. The Labute approximate surface area is 172 Å². The van der Waals surface area contributed by atoms with Crippen LogP contribution in [0.15, 0.2) is 42.5 Å². The van der Waals surface area contributed by atoms with Gasteiger partial charge in [-0.15, -0.1) is 0 Å². The van der Waals surface area contributed by atoms with E-state index in [0.29, 0.717) is 22.0 Å². The van der Waals surface area contributed by atoms with Crippen LogP contribution >= 0.6 is 0 Å². The average Bonchev–Trinajstić information content (AvgIpc) is 3.19. The van der Waals surface area contributed by atoms with Gasteiger partial charge < -0.3 is 10.1 Å². The molecule has 30 heavy (non-hydrogen) atoms. The zero-order valence-electron chi connectivity index (χ0n) is 16.3. The van der Waals surface area contributed by atoms with Crippen LogP contribution in [0.25, 0.3) is 10.9 Å². The third-order valence-electron chi connectivity index (χ3n) is 5.08. The lowest BCUT2D eigenvalue weighted by Gasteiger charge is -2.12. The molecule has 0 saturated carbocycles. The molecule has 1 aliphatic rings. The second kappa shape index (κ2) is 7.90. The summed E-state index contributed by atoms with van der Waals surface area (Å²) in [6, 6.07) is 11.8. The van der Waals surface area contributed by atoms with Crippen LogP contribution < -0.4 is 5.32 Å². The van der Waals surface area contributed by atoms with Gasteiger partial charge in [0.2, 0.25) is 0 Å². The van der Waals surface area contributed by atoms with E-state index in [9.17, 15) is 19.7 Å². The number of nitrogens with zero attached hydrogens (tertiary/aromatic N) is 2. The molecular weight excluding hydrogens is 386 g/mol. The summed E-state index contributed by atoms with van der Waals surface area (Å²) in [6.07, 6.45) is 2.45. The molecule has 1 heterocycles. The van der Waals surface area contributed by atoms with Gasteiger partial charge in [-0.3, -0.25) is 19.9 Å². The van der Waals surface area contributed by atoms with Crippen molar-refractivity contribution in [2.75, 3.05) is 11.9 Å². The normalized spacial score (nSPS) is 12.4. The van der Waals surface area contributed by atoms with Gasteiger partial charge in [0, 0.05) is 17.1 Å². The van der Waals surface area contributed by atoms with Crippen molar-refractivity contribution in [3.05, 3.63) is 75.0 Å². The first kappa shape index (κ1) is 19.5. The largest absolute Gasteiger partial charge is 0.452 e. The molecule has 1 aliphatic carbocycles. The molecule has 0 spiro atoms. The lowest BCUT2D eigenvalue weighted by atomic mass is 10.0. The molecule has 0 unspecified atom stereocenters. The molecule has 0 fully saturated rings. The Morgan fingerprint density at radius 2 is 2.00 bits per heavy atom. The second-order valence-electron chi connectivity index (χ2n) is 7.18. The Bertz CT molecular complexity index is 1190. The van der Waals surface area contributed by atoms with Crippen molar-refractivity contribution in [2.24, 2.45) is 0 Å². The van der Waals surface area contributed by atoms with Crippen molar-refractivity contribution in [3.63, 3.8) is 0 Å². The highest BCUT2D eigenvalue weighted by atomic mass is 16.6. The lowest BCUT2D eigenvalue weighted by Crippen LogP contribution is -2.22. The standard InChI is InChI=1S/C22H19N3O5/c1-13-9-10-18(19(11-13)25(28)29)24-20(26)12-30-22(27)21-14-5-2-3-7-16(14)23-17-8-4-6-15(17)21/h2-3,5,7,9-11H,4,6,8,12H2,1H3,(H,24,26). The zero-order chi connectivity index (χ0) is 21.3. The van der Waals surface area contributed by atoms with Gasteiger partial charge in [0.15, 0.2) is 6.61 Å². The highest BCUT2D eigenvalue weighted by molar-refractivity contribution is 6.06. The van der Waals surface area contributed by atoms with Crippen LogP contribution in [0, 0.1) is 17.0 Å². The van der Waals surface area contributed by atoms with Gasteiger partial charge in [0.05, 0.1) is 16.0 Å². The van der Waals surface area contributed by atoms with Crippen LogP contribution in [0.1, 0.15) is 33.6 Å². The predicted octanol–water partition coefficient (Wildman–Crippen LogP) is 3.74. The van der Waals surface area contributed by atoms with E-state index >= 15 is 0 Å². The number of nitro benzene ring substituents is 1. The number of para-hydroxylation sites is 1. The van der Waals surface area contributed by atoms with E-state index in [0.717, 1.165) is 30.5 Å². The van der Waals surface area contributed by atoms with E-state index in [1.54, 1.807) is 13.0 Å². The minimum absolute atomic E-state index is 0.0573. The summed E-state index contributed by atoms with van der Waals surface area (Å²) in [7, 11) is 0. The molecule has 152 valence electrons. The van der Waals surface area contributed by atoms with E-state index in [-0.39, 0.29) is 11.4 Å². The van der Waals surface area contributed by atoms with E-state index < -0.39 is 23.4 Å². The number of fused-ring (bicyclic) bond motifs is 2. The zero-order valence-corrected chi connectivity index (χ0v) is 16.3. The molecule has 8 nitrogen and oxygen atoms in total. The van der Waals surface area contributed by atoms with E-state index in [2.05, 4.69) is 10.3 Å². The number of nitro groups is 1. The van der Waals surface area contributed by atoms with Crippen LogP contribution in [0.5, 0.6) is 0 Å². The Balaban J connectivity index is 1.53. The fourth-order valence-corrected chi connectivity index (χ4v) is 3.73. The summed E-state index contributed by atoms with van der Waals surface area (Å²) in [5.41, 5.74) is 3.46. The fourth-order valence-electron chi connectivity index (χ4n) is 3.73. The summed E-state index contributed by atoms with van der Waals surface area (Å²) in [5, 5.41) is 14.3. The highest BCUT2D eigenvalue weighted by Gasteiger charge is 2.25. The van der Waals surface area contributed by atoms with Gasteiger partial charge in [-0.2, -0.15) is 0 Å². The number of anilines is 1. The lowest BCUT2D eigenvalue weighted by molar-refractivity contribution is -0.384. The molecule has 2 aromatic carbocycles. The Hall–Kier alpha value is -3.81. The number of aryl methyl sites for hydroxylation is 2. The third kappa shape index (κ3) is 3.71. The molecule has 1 amide bonds. The molecule has 8 heteroatoms. The number of carbonyl (C=O) groups excluding carboxylic acids is 2. The smallest absolute Gasteiger partial charge is 0.339 e. The van der Waals surface area contributed by atoms with Crippen molar-refractivity contribution < 1.29 is 19.2 Å². The van der Waals surface area contributed by atoms with E-state index in [1.165, 1.54) is 12.1 Å². The quantitative estimate of drug-likeness (QED) is 0.393. The van der Waals surface area contributed by atoms with Crippen LogP contribution in [-0.2, 0) is 22.4 Å². The second-order valence-corrected chi connectivity index (χ2v) is 7.18. The Morgan fingerprint density at radius 1 is 1.20 bits per heavy atom. The highest BCUT2D eigenvalue weighted by Crippen LogP contribution is 2.30. The van der Waals surface area contributed by atoms with Gasteiger partial charge in [-0.25, -0.2) is 4.79 Å². The molecule has 0 saturated heterocycles. The molecule has 3 aromatic rings. The van der Waals surface area contributed by atoms with Crippen molar-refractivity contribution in [1.82, 2.24) is 4.98 Å².